The van der Waals surface area contributed by atoms with Crippen molar-refractivity contribution in [1.82, 2.24) is 5.16 Å². The van der Waals surface area contributed by atoms with Gasteiger partial charge in [-0.05, 0) is 19.1 Å². The van der Waals surface area contributed by atoms with E-state index in [1.165, 1.54) is 6.08 Å². The molecule has 0 saturated heterocycles. The Bertz CT molecular complexity index is 578. The van der Waals surface area contributed by atoms with Crippen molar-refractivity contribution in [2.24, 2.45) is 0 Å². The van der Waals surface area contributed by atoms with Gasteiger partial charge in [0.15, 0.2) is 5.76 Å². The number of furan rings is 1. The fraction of sp³-hybridized carbons (Fsp3) is 0.143. The molecule has 5 nitrogen and oxygen atoms in total. The fourth-order valence-corrected chi connectivity index (χ4v) is 1.35. The minimum absolute atomic E-state index is 0.0588. The van der Waals surface area contributed by atoms with Crippen LogP contribution in [0, 0.1) is 0 Å². The molecule has 0 atom stereocenters. The summed E-state index contributed by atoms with van der Waals surface area (Å²) in [5.41, 5.74) is 0.527. The zero-order chi connectivity index (χ0) is 13.5. The minimum Gasteiger partial charge on any atom is -0.461 e. The molecule has 0 spiro atoms. The number of ether oxygens (including phenoxy) is 1. The van der Waals surface area contributed by atoms with E-state index in [4.69, 9.17) is 13.7 Å². The Morgan fingerprint density at radius 2 is 2.32 bits per heavy atom. The van der Waals surface area contributed by atoms with E-state index >= 15 is 0 Å². The number of esters is 1. The zero-order valence-corrected chi connectivity index (χ0v) is 10.4. The summed E-state index contributed by atoms with van der Waals surface area (Å²) in [4.78, 5) is 11.3. The van der Waals surface area contributed by atoms with Crippen LogP contribution < -0.4 is 0 Å². The Morgan fingerprint density at radius 3 is 3.05 bits per heavy atom. The smallest absolute Gasteiger partial charge is 0.331 e. The highest BCUT2D eigenvalue weighted by Gasteiger charge is 2.09. The van der Waals surface area contributed by atoms with Gasteiger partial charge in [-0.25, -0.2) is 4.79 Å². The lowest BCUT2D eigenvalue weighted by atomic mass is 10.3. The van der Waals surface area contributed by atoms with Crippen LogP contribution >= 0.6 is 0 Å². The number of nitrogens with zero attached hydrogens (tertiary/aromatic N) is 1. The fourth-order valence-electron chi connectivity index (χ4n) is 1.35. The molecule has 98 valence electrons. The highest BCUT2D eigenvalue weighted by Crippen LogP contribution is 2.20. The monoisotopic (exact) mass is 259 g/mol. The summed E-state index contributed by atoms with van der Waals surface area (Å²) in [5, 5.41) is 3.79. The summed E-state index contributed by atoms with van der Waals surface area (Å²) in [7, 11) is 0. The maximum atomic E-state index is 11.3. The van der Waals surface area contributed by atoms with Gasteiger partial charge >= 0.3 is 5.97 Å². The molecular weight excluding hydrogens is 246 g/mol. The summed E-state index contributed by atoms with van der Waals surface area (Å²) >= 11 is 0. The molecule has 2 aromatic rings. The highest BCUT2D eigenvalue weighted by atomic mass is 16.5. The zero-order valence-electron chi connectivity index (χ0n) is 10.4. The van der Waals surface area contributed by atoms with Crippen molar-refractivity contribution in [3.8, 4) is 11.5 Å². The Morgan fingerprint density at radius 1 is 1.42 bits per heavy atom. The second kappa shape index (κ2) is 6.39. The minimum atomic E-state index is -0.430. The van der Waals surface area contributed by atoms with Crippen LogP contribution in [0.3, 0.4) is 0 Å². The van der Waals surface area contributed by atoms with Gasteiger partial charge in [0.2, 0.25) is 5.76 Å². The lowest BCUT2D eigenvalue weighted by Crippen LogP contribution is -2.00. The van der Waals surface area contributed by atoms with Gasteiger partial charge in [-0.1, -0.05) is 23.4 Å². The van der Waals surface area contributed by atoms with E-state index in [0.29, 0.717) is 17.2 Å². The summed E-state index contributed by atoms with van der Waals surface area (Å²) in [6.45, 7) is 1.92. The molecule has 0 bridgehead atoms. The van der Waals surface area contributed by atoms with E-state index in [1.807, 2.05) is 13.0 Å². The molecule has 0 fully saturated rings. The number of hydrogen-bond acceptors (Lipinski definition) is 5. The van der Waals surface area contributed by atoms with Crippen LogP contribution in [-0.4, -0.2) is 11.1 Å². The Labute approximate surface area is 110 Å². The first-order chi connectivity index (χ1) is 9.29. The van der Waals surface area contributed by atoms with E-state index in [1.54, 1.807) is 36.6 Å². The van der Waals surface area contributed by atoms with Gasteiger partial charge in [0.1, 0.15) is 12.3 Å². The molecule has 0 aliphatic carbocycles. The standard InChI is InChI=1S/C14H13NO4/c1-2-3-4-7-14(16)18-10-11-9-13(19-15-11)12-6-5-8-17-12/h2-9H,10H2,1H3/b3-2+,7-4+. The molecule has 2 aromatic heterocycles. The van der Waals surface area contributed by atoms with E-state index in [-0.39, 0.29) is 6.61 Å². The Kier molecular flexibility index (Phi) is 4.34. The maximum Gasteiger partial charge on any atom is 0.331 e. The van der Waals surface area contributed by atoms with Crippen molar-refractivity contribution in [3.05, 3.63) is 54.5 Å². The van der Waals surface area contributed by atoms with Crippen molar-refractivity contribution in [1.29, 1.82) is 0 Å². The SMILES string of the molecule is C/C=C/C=C/C(=O)OCc1cc(-c2ccco2)on1. The topological polar surface area (TPSA) is 65.5 Å². The molecule has 0 unspecified atom stereocenters. The molecular formula is C14H13NO4. The van der Waals surface area contributed by atoms with Crippen molar-refractivity contribution in [3.63, 3.8) is 0 Å². The van der Waals surface area contributed by atoms with Gasteiger partial charge in [0, 0.05) is 12.1 Å². The number of carbonyl (C=O) groups is 1. The maximum absolute atomic E-state index is 11.3. The predicted octanol–water partition coefficient (Wildman–Crippen LogP) is 3.11. The van der Waals surface area contributed by atoms with E-state index < -0.39 is 5.97 Å². The average Bonchev–Trinajstić information content (AvgIpc) is 3.07. The van der Waals surface area contributed by atoms with Gasteiger partial charge in [-0.15, -0.1) is 0 Å². The largest absolute Gasteiger partial charge is 0.461 e. The first kappa shape index (κ1) is 12.9. The summed E-state index contributed by atoms with van der Waals surface area (Å²) in [6, 6.07) is 5.18. The number of hydrogen-bond donors (Lipinski definition) is 0. The summed E-state index contributed by atoms with van der Waals surface area (Å²) in [6.07, 6.45) is 8.06. The van der Waals surface area contributed by atoms with Crippen molar-refractivity contribution in [2.45, 2.75) is 13.5 Å². The first-order valence-electron chi connectivity index (χ1n) is 5.75. The van der Waals surface area contributed by atoms with Gasteiger partial charge in [0.05, 0.1) is 6.26 Å². The van der Waals surface area contributed by atoms with Crippen LogP contribution in [0.5, 0.6) is 0 Å². The normalized spacial score (nSPS) is 11.4. The Balaban J connectivity index is 1.89. The number of aromatic nitrogens is 1. The van der Waals surface area contributed by atoms with Gasteiger partial charge in [0.25, 0.3) is 0 Å². The number of carbonyl (C=O) groups excluding carboxylic acids is 1. The third kappa shape index (κ3) is 3.70. The van der Waals surface area contributed by atoms with Crippen molar-refractivity contribution >= 4 is 5.97 Å². The molecule has 19 heavy (non-hydrogen) atoms. The molecule has 0 radical (unpaired) electrons. The van der Waals surface area contributed by atoms with Crippen LogP contribution in [0.25, 0.3) is 11.5 Å². The average molecular weight is 259 g/mol. The molecule has 0 aliphatic heterocycles. The van der Waals surface area contributed by atoms with E-state index in [2.05, 4.69) is 5.16 Å². The molecule has 2 heterocycles. The van der Waals surface area contributed by atoms with Gasteiger partial charge in [-0.2, -0.15) is 0 Å². The van der Waals surface area contributed by atoms with E-state index in [0.717, 1.165) is 0 Å². The first-order valence-corrected chi connectivity index (χ1v) is 5.75. The van der Waals surface area contributed by atoms with Crippen LogP contribution in [0.15, 0.2) is 57.7 Å². The predicted molar refractivity (Wildman–Crippen MR) is 68.0 cm³/mol. The van der Waals surface area contributed by atoms with Crippen molar-refractivity contribution < 1.29 is 18.5 Å². The molecule has 0 saturated carbocycles. The summed E-state index contributed by atoms with van der Waals surface area (Å²) < 4.78 is 15.2. The lowest BCUT2D eigenvalue weighted by molar-refractivity contribution is -0.139. The van der Waals surface area contributed by atoms with Gasteiger partial charge in [-0.3, -0.25) is 0 Å². The molecule has 0 N–H and O–H groups in total. The third-order valence-electron chi connectivity index (χ3n) is 2.22. The summed E-state index contributed by atoms with van der Waals surface area (Å²) in [5.74, 6) is 0.652. The second-order valence-corrected chi connectivity index (χ2v) is 3.65. The molecule has 2 rings (SSSR count). The van der Waals surface area contributed by atoms with Crippen LogP contribution in [0.2, 0.25) is 0 Å². The molecule has 5 heteroatoms. The number of rotatable bonds is 5. The van der Waals surface area contributed by atoms with Crippen LogP contribution in [-0.2, 0) is 16.1 Å². The van der Waals surface area contributed by atoms with E-state index in [9.17, 15) is 4.79 Å². The molecule has 0 aliphatic rings. The second-order valence-electron chi connectivity index (χ2n) is 3.65. The molecule has 0 aromatic carbocycles. The Hall–Kier alpha value is -2.56. The highest BCUT2D eigenvalue weighted by molar-refractivity contribution is 5.82. The lowest BCUT2D eigenvalue weighted by Gasteiger charge is -1.96. The van der Waals surface area contributed by atoms with Crippen LogP contribution in [0.1, 0.15) is 12.6 Å². The van der Waals surface area contributed by atoms with Gasteiger partial charge < -0.3 is 13.7 Å². The third-order valence-corrected chi connectivity index (χ3v) is 2.22. The molecule has 0 amide bonds. The number of allylic oxidation sites excluding steroid dienone is 3. The van der Waals surface area contributed by atoms with Crippen LogP contribution in [0.4, 0.5) is 0 Å². The van der Waals surface area contributed by atoms with Crippen molar-refractivity contribution in [2.75, 3.05) is 0 Å². The quantitative estimate of drug-likeness (QED) is 0.469.